The van der Waals surface area contributed by atoms with Crippen molar-refractivity contribution in [2.24, 2.45) is 5.92 Å². The zero-order valence-corrected chi connectivity index (χ0v) is 12.2. The smallest absolute Gasteiger partial charge is 0.321 e. The van der Waals surface area contributed by atoms with Gasteiger partial charge >= 0.3 is 6.03 Å². The minimum atomic E-state index is -2.97. The largest absolute Gasteiger partial charge is 0.339 e. The molecule has 1 atom stereocenters. The minimum Gasteiger partial charge on any atom is -0.339 e. The second kappa shape index (κ2) is 5.40. The summed E-state index contributed by atoms with van der Waals surface area (Å²) in [6.07, 6.45) is 1.87. The molecule has 0 saturated carbocycles. The summed E-state index contributed by atoms with van der Waals surface area (Å²) in [5.41, 5.74) is -0.0252. The van der Waals surface area contributed by atoms with Crippen molar-refractivity contribution in [3.05, 3.63) is 16.7 Å². The molecule has 0 aliphatic carbocycles. The standard InChI is InChI=1S/C11H14N6O4S/c18-9-7-8(14-5-13-7)15-10(16-9)17-11(19)12-3-6-1-2-22(20,21)4-6/h5-6H,1-4H2,(H4,12,13,14,15,16,17,18,19)/t6-/m1/s1. The third kappa shape index (κ3) is 3.08. The number of hydrogen-bond acceptors (Lipinski definition) is 6. The molecule has 0 unspecified atom stereocenters. The third-order valence-electron chi connectivity index (χ3n) is 3.41. The highest BCUT2D eigenvalue weighted by atomic mass is 32.2. The number of fused-ring (bicyclic) bond motifs is 1. The Morgan fingerprint density at radius 3 is 3.00 bits per heavy atom. The molecule has 3 heterocycles. The number of anilines is 1. The molecule has 2 aromatic rings. The first-order valence-corrected chi connectivity index (χ1v) is 8.44. The maximum Gasteiger partial charge on any atom is 0.321 e. The summed E-state index contributed by atoms with van der Waals surface area (Å²) in [5.74, 6) is 0.130. The lowest BCUT2D eigenvalue weighted by molar-refractivity contribution is 0.250. The fourth-order valence-electron chi connectivity index (χ4n) is 2.32. The molecule has 0 bridgehead atoms. The number of carbonyl (C=O) groups excluding carboxylic acids is 1. The Labute approximate surface area is 124 Å². The van der Waals surface area contributed by atoms with E-state index in [1.54, 1.807) is 0 Å². The highest BCUT2D eigenvalue weighted by molar-refractivity contribution is 7.91. The van der Waals surface area contributed by atoms with Crippen LogP contribution in [0.25, 0.3) is 11.2 Å². The Morgan fingerprint density at radius 2 is 2.27 bits per heavy atom. The predicted molar refractivity (Wildman–Crippen MR) is 78.3 cm³/mol. The summed E-state index contributed by atoms with van der Waals surface area (Å²) >= 11 is 0. The van der Waals surface area contributed by atoms with Gasteiger partial charge in [0.1, 0.15) is 0 Å². The van der Waals surface area contributed by atoms with E-state index in [0.717, 1.165) is 0 Å². The van der Waals surface area contributed by atoms with Gasteiger partial charge in [-0.15, -0.1) is 0 Å². The van der Waals surface area contributed by atoms with Crippen LogP contribution in [0.3, 0.4) is 0 Å². The van der Waals surface area contributed by atoms with Crippen molar-refractivity contribution in [3.63, 3.8) is 0 Å². The van der Waals surface area contributed by atoms with Crippen LogP contribution >= 0.6 is 0 Å². The van der Waals surface area contributed by atoms with Crippen LogP contribution in [-0.2, 0) is 9.84 Å². The van der Waals surface area contributed by atoms with E-state index in [2.05, 4.69) is 30.6 Å². The lowest BCUT2D eigenvalue weighted by Gasteiger charge is -2.10. The first kappa shape index (κ1) is 14.5. The molecular formula is C11H14N6O4S. The van der Waals surface area contributed by atoms with Crippen LogP contribution in [-0.4, -0.2) is 52.4 Å². The van der Waals surface area contributed by atoms with E-state index >= 15 is 0 Å². The van der Waals surface area contributed by atoms with Gasteiger partial charge in [-0.2, -0.15) is 4.98 Å². The molecule has 10 nitrogen and oxygen atoms in total. The van der Waals surface area contributed by atoms with E-state index < -0.39 is 21.4 Å². The van der Waals surface area contributed by atoms with Crippen molar-refractivity contribution in [1.29, 1.82) is 0 Å². The number of carbonyl (C=O) groups is 1. The van der Waals surface area contributed by atoms with Gasteiger partial charge in [0.15, 0.2) is 21.0 Å². The molecule has 22 heavy (non-hydrogen) atoms. The van der Waals surface area contributed by atoms with E-state index in [9.17, 15) is 18.0 Å². The summed E-state index contributed by atoms with van der Waals surface area (Å²) in [4.78, 5) is 36.3. The Balaban J connectivity index is 1.60. The van der Waals surface area contributed by atoms with Crippen molar-refractivity contribution < 1.29 is 13.2 Å². The number of H-pyrrole nitrogens is 2. The predicted octanol–water partition coefficient (Wildman–Crippen LogP) is -0.798. The van der Waals surface area contributed by atoms with E-state index in [4.69, 9.17) is 0 Å². The maximum atomic E-state index is 11.8. The normalized spacial score (nSPS) is 20.1. The van der Waals surface area contributed by atoms with Gasteiger partial charge in [-0.25, -0.2) is 18.2 Å². The van der Waals surface area contributed by atoms with Gasteiger partial charge in [-0.05, 0) is 12.3 Å². The van der Waals surface area contributed by atoms with Crippen molar-refractivity contribution in [3.8, 4) is 0 Å². The molecule has 0 spiro atoms. The Bertz CT molecular complexity index is 870. The highest BCUT2D eigenvalue weighted by Gasteiger charge is 2.27. The lowest BCUT2D eigenvalue weighted by atomic mass is 10.1. The lowest BCUT2D eigenvalue weighted by Crippen LogP contribution is -2.34. The number of amides is 2. The molecule has 1 aliphatic rings. The van der Waals surface area contributed by atoms with Crippen LogP contribution in [0.5, 0.6) is 0 Å². The fourth-order valence-corrected chi connectivity index (χ4v) is 4.19. The average molecular weight is 326 g/mol. The molecule has 4 N–H and O–H groups in total. The number of aromatic nitrogens is 4. The van der Waals surface area contributed by atoms with Gasteiger partial charge in [-0.3, -0.25) is 15.1 Å². The number of nitrogens with zero attached hydrogens (tertiary/aromatic N) is 2. The van der Waals surface area contributed by atoms with E-state index in [1.807, 2.05) is 0 Å². The second-order valence-electron chi connectivity index (χ2n) is 5.12. The molecule has 118 valence electrons. The molecule has 0 radical (unpaired) electrons. The second-order valence-corrected chi connectivity index (χ2v) is 7.35. The van der Waals surface area contributed by atoms with Crippen molar-refractivity contribution in [2.75, 3.05) is 23.4 Å². The SMILES string of the molecule is O=C(NC[C@H]1CCS(=O)(=O)C1)Nc1nc2nc[nH]c2c(=O)[nH]1. The Hall–Kier alpha value is -2.43. The zero-order chi connectivity index (χ0) is 15.7. The maximum absolute atomic E-state index is 11.8. The van der Waals surface area contributed by atoms with Gasteiger partial charge in [0.05, 0.1) is 17.8 Å². The number of imidazole rings is 1. The molecular weight excluding hydrogens is 312 g/mol. The Kier molecular flexibility index (Phi) is 3.56. The number of sulfone groups is 1. The number of aromatic amines is 2. The summed E-state index contributed by atoms with van der Waals surface area (Å²) in [6, 6.07) is -0.567. The Morgan fingerprint density at radius 1 is 1.45 bits per heavy atom. The van der Waals surface area contributed by atoms with Gasteiger partial charge in [-0.1, -0.05) is 0 Å². The van der Waals surface area contributed by atoms with Gasteiger partial charge in [0.2, 0.25) is 5.95 Å². The van der Waals surface area contributed by atoms with Gasteiger partial charge < -0.3 is 10.3 Å². The van der Waals surface area contributed by atoms with Crippen LogP contribution in [0, 0.1) is 5.92 Å². The molecule has 0 aromatic carbocycles. The van der Waals surface area contributed by atoms with Crippen LogP contribution in [0.1, 0.15) is 6.42 Å². The number of hydrogen-bond donors (Lipinski definition) is 4. The minimum absolute atomic E-state index is 0.0267. The van der Waals surface area contributed by atoms with Crippen LogP contribution in [0.15, 0.2) is 11.1 Å². The zero-order valence-electron chi connectivity index (χ0n) is 11.4. The van der Waals surface area contributed by atoms with Crippen LogP contribution in [0.2, 0.25) is 0 Å². The monoisotopic (exact) mass is 326 g/mol. The van der Waals surface area contributed by atoms with E-state index in [1.165, 1.54) is 6.33 Å². The molecule has 3 rings (SSSR count). The molecule has 2 amide bonds. The molecule has 11 heteroatoms. The summed E-state index contributed by atoms with van der Waals surface area (Å²) < 4.78 is 22.7. The van der Waals surface area contributed by atoms with Crippen molar-refractivity contribution >= 4 is 33.0 Å². The third-order valence-corrected chi connectivity index (χ3v) is 5.24. The first-order valence-electron chi connectivity index (χ1n) is 6.61. The van der Waals surface area contributed by atoms with E-state index in [0.29, 0.717) is 6.42 Å². The number of urea groups is 1. The molecule has 1 aliphatic heterocycles. The van der Waals surface area contributed by atoms with Gasteiger partial charge in [0, 0.05) is 6.54 Å². The summed E-state index contributed by atoms with van der Waals surface area (Å²) in [7, 11) is -2.97. The fraction of sp³-hybridized carbons (Fsp3) is 0.455. The summed E-state index contributed by atoms with van der Waals surface area (Å²) in [6.45, 7) is 0.250. The highest BCUT2D eigenvalue weighted by Crippen LogP contribution is 2.17. The van der Waals surface area contributed by atoms with Crippen molar-refractivity contribution in [1.82, 2.24) is 25.3 Å². The van der Waals surface area contributed by atoms with E-state index in [-0.39, 0.29) is 41.1 Å². The first-order chi connectivity index (χ1) is 10.4. The quantitative estimate of drug-likeness (QED) is 0.580. The molecule has 2 aromatic heterocycles. The number of nitrogens with one attached hydrogen (secondary N) is 4. The van der Waals surface area contributed by atoms with Crippen LogP contribution < -0.4 is 16.2 Å². The van der Waals surface area contributed by atoms with Gasteiger partial charge in [0.25, 0.3) is 5.56 Å². The summed E-state index contributed by atoms with van der Waals surface area (Å²) in [5, 5.41) is 4.96. The van der Waals surface area contributed by atoms with Crippen molar-refractivity contribution in [2.45, 2.75) is 6.42 Å². The topological polar surface area (TPSA) is 150 Å². The number of rotatable bonds is 3. The molecule has 1 saturated heterocycles. The molecule has 1 fully saturated rings. The van der Waals surface area contributed by atoms with Crippen LogP contribution in [0.4, 0.5) is 10.7 Å². The average Bonchev–Trinajstić information content (AvgIpc) is 3.03.